The zero-order valence-corrected chi connectivity index (χ0v) is 11.9. The molecule has 0 aliphatic carbocycles. The molecule has 2 aromatic rings. The van der Waals surface area contributed by atoms with Gasteiger partial charge >= 0.3 is 0 Å². The summed E-state index contributed by atoms with van der Waals surface area (Å²) in [5.74, 6) is 0.191. The molecule has 1 atom stereocenters. The number of rotatable bonds is 4. The molecule has 100 valence electrons. The van der Waals surface area contributed by atoms with Crippen molar-refractivity contribution in [2.45, 2.75) is 36.6 Å². The van der Waals surface area contributed by atoms with Gasteiger partial charge < -0.3 is 0 Å². The fourth-order valence-corrected chi connectivity index (χ4v) is 2.44. The molecule has 19 heavy (non-hydrogen) atoms. The molecule has 0 aromatic carbocycles. The Morgan fingerprint density at radius 3 is 2.26 bits per heavy atom. The highest BCUT2D eigenvalue weighted by molar-refractivity contribution is 7.99. The maximum atomic E-state index is 12.9. The van der Waals surface area contributed by atoms with Gasteiger partial charge in [-0.25, -0.2) is 24.3 Å². The molecule has 6 heteroatoms. The number of aromatic nitrogens is 4. The van der Waals surface area contributed by atoms with Crippen LogP contribution in [0.2, 0.25) is 0 Å². The van der Waals surface area contributed by atoms with Crippen molar-refractivity contribution in [3.63, 3.8) is 0 Å². The van der Waals surface area contributed by atoms with Crippen LogP contribution < -0.4 is 0 Å². The largest absolute Gasteiger partial charge is 0.238 e. The van der Waals surface area contributed by atoms with Gasteiger partial charge in [0.1, 0.15) is 5.82 Å². The van der Waals surface area contributed by atoms with Crippen LogP contribution in [-0.4, -0.2) is 25.2 Å². The van der Waals surface area contributed by atoms with Crippen LogP contribution in [-0.2, 0) is 5.41 Å². The van der Waals surface area contributed by atoms with Crippen LogP contribution >= 0.6 is 11.8 Å². The first-order valence-corrected chi connectivity index (χ1v) is 6.80. The highest BCUT2D eigenvalue weighted by Gasteiger charge is 2.32. The summed E-state index contributed by atoms with van der Waals surface area (Å²) >= 11 is 1.55. The Bertz CT molecular complexity index is 530. The van der Waals surface area contributed by atoms with E-state index in [1.165, 1.54) is 12.4 Å². The lowest BCUT2D eigenvalue weighted by atomic mass is 9.88. The fourth-order valence-electron chi connectivity index (χ4n) is 1.48. The molecular formula is C13H15FN4S. The van der Waals surface area contributed by atoms with Gasteiger partial charge in [0.25, 0.3) is 0 Å². The molecule has 0 N–H and O–H groups in total. The monoisotopic (exact) mass is 278 g/mol. The Hall–Kier alpha value is -1.56. The quantitative estimate of drug-likeness (QED) is 0.636. The second-order valence-corrected chi connectivity index (χ2v) is 6.05. The molecule has 2 rings (SSSR count). The lowest BCUT2D eigenvalue weighted by Gasteiger charge is -2.28. The number of hydrogen-bond donors (Lipinski definition) is 0. The average molecular weight is 278 g/mol. The SMILES string of the molecule is CC(Sc1ncccn1)C(C)(C)c1ncc(F)cn1. The summed E-state index contributed by atoms with van der Waals surface area (Å²) in [5.41, 5.74) is -0.308. The summed E-state index contributed by atoms with van der Waals surface area (Å²) in [7, 11) is 0. The summed E-state index contributed by atoms with van der Waals surface area (Å²) in [5, 5.41) is 0.866. The lowest BCUT2D eigenvalue weighted by molar-refractivity contribution is 0.477. The second kappa shape index (κ2) is 5.61. The third-order valence-corrected chi connectivity index (χ3v) is 4.40. The number of nitrogens with zero attached hydrogens (tertiary/aromatic N) is 4. The number of thioether (sulfide) groups is 1. The van der Waals surface area contributed by atoms with E-state index in [9.17, 15) is 4.39 Å². The van der Waals surface area contributed by atoms with E-state index in [1.807, 2.05) is 13.8 Å². The molecule has 0 spiro atoms. The summed E-state index contributed by atoms with van der Waals surface area (Å²) in [6.45, 7) is 6.12. The van der Waals surface area contributed by atoms with Gasteiger partial charge in [-0.3, -0.25) is 0 Å². The van der Waals surface area contributed by atoms with Crippen molar-refractivity contribution in [2.24, 2.45) is 0 Å². The molecule has 0 fully saturated rings. The van der Waals surface area contributed by atoms with Gasteiger partial charge in [0.2, 0.25) is 0 Å². The Morgan fingerprint density at radius 2 is 1.68 bits per heavy atom. The zero-order valence-electron chi connectivity index (χ0n) is 11.0. The summed E-state index contributed by atoms with van der Waals surface area (Å²) in [6, 6.07) is 1.78. The molecule has 0 bridgehead atoms. The van der Waals surface area contributed by atoms with E-state index in [0.717, 1.165) is 0 Å². The maximum Gasteiger partial charge on any atom is 0.187 e. The van der Waals surface area contributed by atoms with Crippen LogP contribution in [0.3, 0.4) is 0 Å². The first kappa shape index (κ1) is 13.9. The third kappa shape index (κ3) is 3.26. The van der Waals surface area contributed by atoms with Gasteiger partial charge in [-0.1, -0.05) is 32.5 Å². The van der Waals surface area contributed by atoms with E-state index >= 15 is 0 Å². The van der Waals surface area contributed by atoms with Crippen molar-refractivity contribution in [1.82, 2.24) is 19.9 Å². The second-order valence-electron chi connectivity index (χ2n) is 4.74. The Kier molecular flexibility index (Phi) is 4.09. The van der Waals surface area contributed by atoms with Crippen molar-refractivity contribution in [1.29, 1.82) is 0 Å². The van der Waals surface area contributed by atoms with Crippen molar-refractivity contribution >= 4 is 11.8 Å². The first-order valence-electron chi connectivity index (χ1n) is 5.92. The van der Waals surface area contributed by atoms with E-state index in [-0.39, 0.29) is 10.7 Å². The smallest absolute Gasteiger partial charge is 0.187 e. The van der Waals surface area contributed by atoms with Crippen LogP contribution in [0.1, 0.15) is 26.6 Å². The third-order valence-electron chi connectivity index (χ3n) is 3.04. The molecule has 0 aliphatic heterocycles. The summed E-state index contributed by atoms with van der Waals surface area (Å²) in [4.78, 5) is 16.5. The topological polar surface area (TPSA) is 51.6 Å². The minimum atomic E-state index is -0.425. The fraction of sp³-hybridized carbons (Fsp3) is 0.385. The highest BCUT2D eigenvalue weighted by atomic mass is 32.2. The molecule has 0 radical (unpaired) electrons. The van der Waals surface area contributed by atoms with Crippen LogP contribution in [0.5, 0.6) is 0 Å². The van der Waals surface area contributed by atoms with Gasteiger partial charge in [-0.05, 0) is 6.07 Å². The predicted octanol–water partition coefficient (Wildman–Crippen LogP) is 2.86. The lowest BCUT2D eigenvalue weighted by Crippen LogP contribution is -2.31. The van der Waals surface area contributed by atoms with Gasteiger partial charge in [0.05, 0.1) is 12.4 Å². The van der Waals surface area contributed by atoms with Gasteiger partial charge in [0, 0.05) is 23.1 Å². The van der Waals surface area contributed by atoms with Crippen LogP contribution in [0.15, 0.2) is 36.0 Å². The van der Waals surface area contributed by atoms with Crippen LogP contribution in [0.4, 0.5) is 4.39 Å². The molecule has 0 saturated heterocycles. The van der Waals surface area contributed by atoms with Crippen molar-refractivity contribution < 1.29 is 4.39 Å². The van der Waals surface area contributed by atoms with E-state index in [1.54, 1.807) is 30.2 Å². The zero-order chi connectivity index (χ0) is 13.9. The van der Waals surface area contributed by atoms with E-state index in [2.05, 4.69) is 26.9 Å². The van der Waals surface area contributed by atoms with E-state index < -0.39 is 5.82 Å². The van der Waals surface area contributed by atoms with E-state index in [0.29, 0.717) is 11.0 Å². The Balaban J connectivity index is 2.17. The Morgan fingerprint density at radius 1 is 1.11 bits per heavy atom. The standard InChI is InChI=1S/C13H15FN4S/c1-9(19-12-15-5-4-6-16-12)13(2,3)11-17-7-10(14)8-18-11/h4-9H,1-3H3. The normalized spacial score (nSPS) is 13.3. The van der Waals surface area contributed by atoms with Crippen molar-refractivity contribution in [3.05, 3.63) is 42.5 Å². The van der Waals surface area contributed by atoms with E-state index in [4.69, 9.17) is 0 Å². The van der Waals surface area contributed by atoms with Gasteiger partial charge in [0.15, 0.2) is 11.0 Å². The molecule has 0 amide bonds. The summed E-state index contributed by atoms with van der Waals surface area (Å²) < 4.78 is 12.9. The number of halogens is 1. The average Bonchev–Trinajstić information content (AvgIpc) is 2.40. The predicted molar refractivity (Wildman–Crippen MR) is 72.4 cm³/mol. The van der Waals surface area contributed by atoms with Gasteiger partial charge in [-0.15, -0.1) is 0 Å². The highest BCUT2D eigenvalue weighted by Crippen LogP contribution is 2.34. The minimum Gasteiger partial charge on any atom is -0.238 e. The maximum absolute atomic E-state index is 12.9. The molecule has 0 saturated carbocycles. The van der Waals surface area contributed by atoms with Gasteiger partial charge in [-0.2, -0.15) is 0 Å². The first-order chi connectivity index (χ1) is 9.00. The molecule has 0 aliphatic rings. The van der Waals surface area contributed by atoms with Crippen LogP contribution in [0.25, 0.3) is 0 Å². The molecule has 1 unspecified atom stereocenters. The van der Waals surface area contributed by atoms with Crippen molar-refractivity contribution in [3.8, 4) is 0 Å². The molecule has 2 heterocycles. The Labute approximate surface area is 115 Å². The molecular weight excluding hydrogens is 263 g/mol. The van der Waals surface area contributed by atoms with Crippen molar-refractivity contribution in [2.75, 3.05) is 0 Å². The minimum absolute atomic E-state index is 0.153. The molecule has 4 nitrogen and oxygen atoms in total. The van der Waals surface area contributed by atoms with Crippen LogP contribution in [0, 0.1) is 5.82 Å². The molecule has 2 aromatic heterocycles. The summed E-state index contributed by atoms with van der Waals surface area (Å²) in [6.07, 6.45) is 5.81. The number of hydrogen-bond acceptors (Lipinski definition) is 5.